The van der Waals surface area contributed by atoms with Crippen molar-refractivity contribution in [3.63, 3.8) is 0 Å². The zero-order chi connectivity index (χ0) is 10.4. The van der Waals surface area contributed by atoms with E-state index < -0.39 is 0 Å². The molecular weight excluding hydrogens is 186 g/mol. The molecule has 0 atom stereocenters. The number of aryl methyl sites for hydroxylation is 1. The topological polar surface area (TPSA) is 18.8 Å². The van der Waals surface area contributed by atoms with Crippen LogP contribution >= 0.6 is 0 Å². The van der Waals surface area contributed by atoms with Gasteiger partial charge in [-0.2, -0.15) is 0 Å². The van der Waals surface area contributed by atoms with Crippen LogP contribution in [0, 0.1) is 6.92 Å². The Hall–Kier alpha value is -1.51. The predicted molar refractivity (Wildman–Crippen MR) is 63.8 cm³/mol. The number of hydrogen-bond acceptors (Lipinski definition) is 3. The molecule has 2 heterocycles. The number of fused-ring (bicyclic) bond motifs is 3. The zero-order valence-corrected chi connectivity index (χ0v) is 9.20. The molecule has 0 aliphatic carbocycles. The minimum Gasteiger partial charge on any atom is -0.313 e. The average molecular weight is 201 g/mol. The van der Waals surface area contributed by atoms with E-state index in [4.69, 9.17) is 0 Å². The Morgan fingerprint density at radius 1 is 1.27 bits per heavy atom. The molecule has 0 aromatic heterocycles. The van der Waals surface area contributed by atoms with Gasteiger partial charge in [0, 0.05) is 20.1 Å². The molecule has 2 aliphatic heterocycles. The molecule has 3 rings (SSSR count). The molecular formula is C12H15N3. The highest BCUT2D eigenvalue weighted by Crippen LogP contribution is 2.37. The number of benzene rings is 1. The van der Waals surface area contributed by atoms with Crippen molar-refractivity contribution >= 4 is 17.3 Å². The minimum absolute atomic E-state index is 0.961. The first kappa shape index (κ1) is 8.77. The van der Waals surface area contributed by atoms with E-state index in [0.717, 1.165) is 25.5 Å². The number of guanidine groups is 1. The summed E-state index contributed by atoms with van der Waals surface area (Å²) in [4.78, 5) is 9.10. The number of hydrogen-bond donors (Lipinski definition) is 0. The van der Waals surface area contributed by atoms with E-state index >= 15 is 0 Å². The molecule has 0 amide bonds. The highest BCUT2D eigenvalue weighted by Gasteiger charge is 2.31. The van der Waals surface area contributed by atoms with Gasteiger partial charge in [-0.05, 0) is 31.0 Å². The minimum atomic E-state index is 0.961. The number of aliphatic imine (C=N–C) groups is 1. The van der Waals surface area contributed by atoms with E-state index in [1.807, 2.05) is 0 Å². The van der Waals surface area contributed by atoms with E-state index in [1.54, 1.807) is 0 Å². The molecule has 0 saturated carbocycles. The summed E-state index contributed by atoms with van der Waals surface area (Å²) in [6, 6.07) is 6.60. The van der Waals surface area contributed by atoms with E-state index in [-0.39, 0.29) is 0 Å². The maximum absolute atomic E-state index is 4.59. The highest BCUT2D eigenvalue weighted by molar-refractivity contribution is 6.16. The Labute approximate surface area is 90.0 Å². The second-order valence-electron chi connectivity index (χ2n) is 4.24. The van der Waals surface area contributed by atoms with Crippen molar-refractivity contribution in [1.29, 1.82) is 0 Å². The van der Waals surface area contributed by atoms with Crippen molar-refractivity contribution in [3.05, 3.63) is 23.8 Å². The smallest absolute Gasteiger partial charge is 0.205 e. The third-order valence-corrected chi connectivity index (χ3v) is 3.12. The molecule has 0 N–H and O–H groups in total. The molecule has 0 unspecified atom stereocenters. The van der Waals surface area contributed by atoms with Crippen molar-refractivity contribution in [1.82, 2.24) is 0 Å². The van der Waals surface area contributed by atoms with Gasteiger partial charge in [-0.3, -0.25) is 4.99 Å². The third-order valence-electron chi connectivity index (χ3n) is 3.12. The van der Waals surface area contributed by atoms with Gasteiger partial charge < -0.3 is 9.80 Å². The molecule has 1 aromatic rings. The summed E-state index contributed by atoms with van der Waals surface area (Å²) in [5, 5.41) is 0. The molecule has 0 spiro atoms. The molecule has 0 bridgehead atoms. The van der Waals surface area contributed by atoms with Gasteiger partial charge in [0.15, 0.2) is 0 Å². The molecule has 78 valence electrons. The fraction of sp³-hybridized carbons (Fsp3) is 0.417. The van der Waals surface area contributed by atoms with E-state index in [2.05, 4.69) is 47.0 Å². The fourth-order valence-electron chi connectivity index (χ4n) is 2.35. The van der Waals surface area contributed by atoms with Crippen molar-refractivity contribution in [2.75, 3.05) is 29.9 Å². The molecule has 2 aliphatic rings. The fourth-order valence-corrected chi connectivity index (χ4v) is 2.35. The number of anilines is 2. The first-order chi connectivity index (χ1) is 7.27. The first-order valence-electron chi connectivity index (χ1n) is 5.44. The Morgan fingerprint density at radius 3 is 3.00 bits per heavy atom. The van der Waals surface area contributed by atoms with Crippen LogP contribution in [0.3, 0.4) is 0 Å². The van der Waals surface area contributed by atoms with Gasteiger partial charge >= 0.3 is 0 Å². The van der Waals surface area contributed by atoms with Gasteiger partial charge in [0.2, 0.25) is 5.96 Å². The summed E-state index contributed by atoms with van der Waals surface area (Å²) in [7, 11) is 2.10. The highest BCUT2D eigenvalue weighted by atomic mass is 15.4. The molecule has 3 nitrogen and oxygen atoms in total. The predicted octanol–water partition coefficient (Wildman–Crippen LogP) is 2.01. The Kier molecular flexibility index (Phi) is 1.75. The third kappa shape index (κ3) is 1.16. The van der Waals surface area contributed by atoms with Crippen molar-refractivity contribution in [3.8, 4) is 0 Å². The SMILES string of the molecule is Cc1ccc2c(c1)N1CCCN=C1N2C. The van der Waals surface area contributed by atoms with Crippen LogP contribution < -0.4 is 9.80 Å². The molecule has 3 heteroatoms. The van der Waals surface area contributed by atoms with Crippen LogP contribution in [0.2, 0.25) is 0 Å². The van der Waals surface area contributed by atoms with Crippen LogP contribution in [0.4, 0.5) is 11.4 Å². The molecule has 0 saturated heterocycles. The molecule has 0 fully saturated rings. The Balaban J connectivity index is 2.17. The average Bonchev–Trinajstić information content (AvgIpc) is 2.54. The van der Waals surface area contributed by atoms with Gasteiger partial charge in [-0.25, -0.2) is 0 Å². The van der Waals surface area contributed by atoms with Crippen LogP contribution in [0.5, 0.6) is 0 Å². The van der Waals surface area contributed by atoms with Gasteiger partial charge in [0.05, 0.1) is 11.4 Å². The Bertz CT molecular complexity index is 436. The standard InChI is InChI=1S/C12H15N3/c1-9-4-5-10-11(8-9)15-7-3-6-13-12(15)14(10)2/h4-5,8H,3,6-7H2,1-2H3. The lowest BCUT2D eigenvalue weighted by Crippen LogP contribution is -2.39. The van der Waals surface area contributed by atoms with E-state index in [0.29, 0.717) is 0 Å². The van der Waals surface area contributed by atoms with Gasteiger partial charge in [-0.15, -0.1) is 0 Å². The largest absolute Gasteiger partial charge is 0.313 e. The maximum atomic E-state index is 4.59. The summed E-state index contributed by atoms with van der Waals surface area (Å²) in [5.74, 6) is 1.11. The summed E-state index contributed by atoms with van der Waals surface area (Å²) in [6.45, 7) is 4.20. The van der Waals surface area contributed by atoms with Crippen molar-refractivity contribution in [2.45, 2.75) is 13.3 Å². The monoisotopic (exact) mass is 201 g/mol. The number of rotatable bonds is 0. The molecule has 15 heavy (non-hydrogen) atoms. The van der Waals surface area contributed by atoms with Crippen molar-refractivity contribution < 1.29 is 0 Å². The second kappa shape index (κ2) is 2.99. The van der Waals surface area contributed by atoms with Crippen LogP contribution in [0.1, 0.15) is 12.0 Å². The van der Waals surface area contributed by atoms with Crippen LogP contribution in [-0.4, -0.2) is 26.1 Å². The van der Waals surface area contributed by atoms with E-state index in [1.165, 1.54) is 16.9 Å². The van der Waals surface area contributed by atoms with Crippen LogP contribution in [-0.2, 0) is 0 Å². The lowest BCUT2D eigenvalue weighted by atomic mass is 10.2. The van der Waals surface area contributed by atoms with Gasteiger partial charge in [-0.1, -0.05) is 6.07 Å². The summed E-state index contributed by atoms with van der Waals surface area (Å²) >= 11 is 0. The summed E-state index contributed by atoms with van der Waals surface area (Å²) in [6.07, 6.45) is 1.16. The maximum Gasteiger partial charge on any atom is 0.205 e. The van der Waals surface area contributed by atoms with E-state index in [9.17, 15) is 0 Å². The van der Waals surface area contributed by atoms with Crippen LogP contribution in [0.25, 0.3) is 0 Å². The Morgan fingerprint density at radius 2 is 2.13 bits per heavy atom. The lowest BCUT2D eigenvalue weighted by molar-refractivity contribution is 0.790. The number of nitrogens with zero attached hydrogens (tertiary/aromatic N) is 3. The summed E-state index contributed by atoms with van der Waals surface area (Å²) in [5.41, 5.74) is 3.91. The van der Waals surface area contributed by atoms with Crippen molar-refractivity contribution in [2.24, 2.45) is 4.99 Å². The summed E-state index contributed by atoms with van der Waals surface area (Å²) < 4.78 is 0. The first-order valence-corrected chi connectivity index (χ1v) is 5.44. The molecule has 1 aromatic carbocycles. The quantitative estimate of drug-likeness (QED) is 0.639. The van der Waals surface area contributed by atoms with Gasteiger partial charge in [0.1, 0.15) is 0 Å². The zero-order valence-electron chi connectivity index (χ0n) is 9.20. The normalized spacial score (nSPS) is 18.7. The van der Waals surface area contributed by atoms with Crippen LogP contribution in [0.15, 0.2) is 23.2 Å². The lowest BCUT2D eigenvalue weighted by Gasteiger charge is -2.24. The molecule has 0 radical (unpaired) electrons. The van der Waals surface area contributed by atoms with Gasteiger partial charge in [0.25, 0.3) is 0 Å². The second-order valence-corrected chi connectivity index (χ2v) is 4.24.